The van der Waals surface area contributed by atoms with Crippen molar-refractivity contribution in [3.05, 3.63) is 65.5 Å². The number of carboxylic acid groups (broad SMARTS) is 1. The van der Waals surface area contributed by atoms with E-state index in [4.69, 9.17) is 5.11 Å². The van der Waals surface area contributed by atoms with E-state index in [1.807, 2.05) is 43.1 Å². The van der Waals surface area contributed by atoms with Crippen LogP contribution in [-0.2, 0) is 4.79 Å². The second-order valence-electron chi connectivity index (χ2n) is 4.77. The molecule has 2 rings (SSSR count). The highest BCUT2D eigenvalue weighted by Crippen LogP contribution is 2.29. The van der Waals surface area contributed by atoms with E-state index in [2.05, 4.69) is 0 Å². The van der Waals surface area contributed by atoms with Gasteiger partial charge in [-0.05, 0) is 48.9 Å². The molecule has 0 heterocycles. The highest BCUT2D eigenvalue weighted by molar-refractivity contribution is 5.87. The first kappa shape index (κ1) is 14.8. The van der Waals surface area contributed by atoms with Gasteiger partial charge in [0.1, 0.15) is 5.82 Å². The summed E-state index contributed by atoms with van der Waals surface area (Å²) in [6.07, 6.45) is 2.40. The maximum atomic E-state index is 13.4. The first-order valence-corrected chi connectivity index (χ1v) is 6.48. The van der Waals surface area contributed by atoms with Crippen LogP contribution in [0.2, 0.25) is 0 Å². The predicted molar refractivity (Wildman–Crippen MR) is 82.3 cm³/mol. The minimum Gasteiger partial charge on any atom is -0.478 e. The number of carboxylic acids is 1. The van der Waals surface area contributed by atoms with Crippen molar-refractivity contribution >= 4 is 23.4 Å². The summed E-state index contributed by atoms with van der Waals surface area (Å²) >= 11 is 0. The van der Waals surface area contributed by atoms with Gasteiger partial charge in [-0.25, -0.2) is 9.18 Å². The van der Waals surface area contributed by atoms with Crippen LogP contribution in [0.3, 0.4) is 0 Å². The molecule has 0 amide bonds. The Hall–Kier alpha value is -2.62. The molecule has 0 saturated carbocycles. The van der Waals surface area contributed by atoms with Gasteiger partial charge in [-0.15, -0.1) is 0 Å². The summed E-state index contributed by atoms with van der Waals surface area (Å²) in [5.41, 5.74) is 3.32. The van der Waals surface area contributed by atoms with E-state index < -0.39 is 11.8 Å². The number of rotatable bonds is 4. The molecule has 0 atom stereocenters. The zero-order chi connectivity index (χ0) is 15.4. The Kier molecular flexibility index (Phi) is 4.38. The largest absolute Gasteiger partial charge is 0.478 e. The summed E-state index contributed by atoms with van der Waals surface area (Å²) in [6.45, 7) is 1.99. The number of carbonyl (C=O) groups is 1. The average Bonchev–Trinajstić information content (AvgIpc) is 2.44. The Morgan fingerprint density at radius 1 is 1.24 bits per heavy atom. The van der Waals surface area contributed by atoms with E-state index in [0.717, 1.165) is 23.0 Å². The Morgan fingerprint density at radius 2 is 2.00 bits per heavy atom. The molecule has 2 aromatic carbocycles. The van der Waals surface area contributed by atoms with E-state index in [9.17, 15) is 9.18 Å². The van der Waals surface area contributed by atoms with Crippen LogP contribution in [0.5, 0.6) is 0 Å². The summed E-state index contributed by atoms with van der Waals surface area (Å²) in [4.78, 5) is 12.6. The van der Waals surface area contributed by atoms with E-state index >= 15 is 0 Å². The van der Waals surface area contributed by atoms with Crippen molar-refractivity contribution in [1.82, 2.24) is 0 Å². The normalized spacial score (nSPS) is 10.8. The van der Waals surface area contributed by atoms with Crippen molar-refractivity contribution in [2.24, 2.45) is 0 Å². The second kappa shape index (κ2) is 6.22. The maximum absolute atomic E-state index is 13.4. The van der Waals surface area contributed by atoms with E-state index in [-0.39, 0.29) is 0 Å². The highest BCUT2D eigenvalue weighted by Gasteiger charge is 2.09. The lowest BCUT2D eigenvalue weighted by atomic mass is 10.1. The molecule has 0 aromatic heterocycles. The lowest BCUT2D eigenvalue weighted by Gasteiger charge is -2.22. The molecule has 3 nitrogen and oxygen atoms in total. The Morgan fingerprint density at radius 3 is 2.67 bits per heavy atom. The van der Waals surface area contributed by atoms with Crippen LogP contribution in [0, 0.1) is 12.7 Å². The van der Waals surface area contributed by atoms with Crippen molar-refractivity contribution in [3.63, 3.8) is 0 Å². The van der Waals surface area contributed by atoms with E-state index in [0.29, 0.717) is 5.56 Å². The number of hydrogen-bond acceptors (Lipinski definition) is 2. The number of halogens is 1. The molecule has 0 aliphatic carbocycles. The van der Waals surface area contributed by atoms with Crippen molar-refractivity contribution in [3.8, 4) is 0 Å². The molecule has 0 fully saturated rings. The van der Waals surface area contributed by atoms with E-state index in [1.54, 1.807) is 6.07 Å². The summed E-state index contributed by atoms with van der Waals surface area (Å²) in [5.74, 6) is -1.47. The Bertz CT molecular complexity index is 695. The topological polar surface area (TPSA) is 40.5 Å². The highest BCUT2D eigenvalue weighted by atomic mass is 19.1. The van der Waals surface area contributed by atoms with Gasteiger partial charge in [0.25, 0.3) is 0 Å². The third kappa shape index (κ3) is 3.69. The van der Waals surface area contributed by atoms with Gasteiger partial charge in [-0.3, -0.25) is 0 Å². The van der Waals surface area contributed by atoms with E-state index in [1.165, 1.54) is 18.2 Å². The van der Waals surface area contributed by atoms with Crippen LogP contribution in [0.1, 0.15) is 11.1 Å². The fraction of sp³-hybridized carbons (Fsp3) is 0.118. The third-order valence-electron chi connectivity index (χ3n) is 3.15. The first-order valence-electron chi connectivity index (χ1n) is 6.48. The van der Waals surface area contributed by atoms with Crippen molar-refractivity contribution in [1.29, 1.82) is 0 Å². The van der Waals surface area contributed by atoms with Gasteiger partial charge in [0.05, 0.1) is 0 Å². The first-order chi connectivity index (χ1) is 9.97. The molecular formula is C17H16FNO2. The molecule has 1 N–H and O–H groups in total. The molecule has 0 unspecified atom stereocenters. The number of hydrogen-bond donors (Lipinski definition) is 1. The number of anilines is 2. The fourth-order valence-electron chi connectivity index (χ4n) is 2.10. The zero-order valence-corrected chi connectivity index (χ0v) is 11.9. The zero-order valence-electron chi connectivity index (χ0n) is 11.9. The number of benzene rings is 2. The lowest BCUT2D eigenvalue weighted by Crippen LogP contribution is -2.11. The molecule has 0 aliphatic heterocycles. The smallest absolute Gasteiger partial charge is 0.328 e. The van der Waals surface area contributed by atoms with Crippen LogP contribution in [-0.4, -0.2) is 18.1 Å². The molecule has 2 aromatic rings. The minimum atomic E-state index is -1.07. The molecule has 0 spiro atoms. The summed E-state index contributed by atoms with van der Waals surface area (Å²) in [7, 11) is 1.86. The lowest BCUT2D eigenvalue weighted by molar-refractivity contribution is -0.131. The summed E-state index contributed by atoms with van der Waals surface area (Å²) in [5, 5.41) is 8.73. The average molecular weight is 285 g/mol. The molecule has 0 radical (unpaired) electrons. The summed E-state index contributed by atoms with van der Waals surface area (Å²) in [6, 6.07) is 12.2. The van der Waals surface area contributed by atoms with Crippen LogP contribution < -0.4 is 4.90 Å². The second-order valence-corrected chi connectivity index (χ2v) is 4.77. The minimum absolute atomic E-state index is 0.401. The van der Waals surface area contributed by atoms with Crippen LogP contribution in [0.15, 0.2) is 48.5 Å². The van der Waals surface area contributed by atoms with Gasteiger partial charge in [-0.2, -0.15) is 0 Å². The monoisotopic (exact) mass is 285 g/mol. The quantitative estimate of drug-likeness (QED) is 0.863. The molecule has 21 heavy (non-hydrogen) atoms. The van der Waals surface area contributed by atoms with Gasteiger partial charge in [0, 0.05) is 30.1 Å². The SMILES string of the molecule is Cc1cccc(N(C)c2ccc(F)cc2C=CC(=O)O)c1. The van der Waals surface area contributed by atoms with Crippen molar-refractivity contribution < 1.29 is 14.3 Å². The summed E-state index contributed by atoms with van der Waals surface area (Å²) < 4.78 is 13.4. The van der Waals surface area contributed by atoms with Gasteiger partial charge in [0.2, 0.25) is 0 Å². The molecule has 4 heteroatoms. The molecule has 0 saturated heterocycles. The van der Waals surface area contributed by atoms with Gasteiger partial charge >= 0.3 is 5.97 Å². The van der Waals surface area contributed by atoms with Crippen LogP contribution in [0.4, 0.5) is 15.8 Å². The molecular weight excluding hydrogens is 269 g/mol. The third-order valence-corrected chi connectivity index (χ3v) is 3.15. The number of aryl methyl sites for hydroxylation is 1. The van der Waals surface area contributed by atoms with Crippen LogP contribution >= 0.6 is 0 Å². The predicted octanol–water partition coefficient (Wildman–Crippen LogP) is 4.00. The molecule has 0 aliphatic rings. The van der Waals surface area contributed by atoms with Crippen LogP contribution in [0.25, 0.3) is 6.08 Å². The Labute approximate surface area is 123 Å². The Balaban J connectivity index is 2.45. The number of aliphatic carboxylic acids is 1. The maximum Gasteiger partial charge on any atom is 0.328 e. The van der Waals surface area contributed by atoms with Gasteiger partial charge in [0.15, 0.2) is 0 Å². The fourth-order valence-corrected chi connectivity index (χ4v) is 2.10. The van der Waals surface area contributed by atoms with Gasteiger partial charge < -0.3 is 10.0 Å². The van der Waals surface area contributed by atoms with Crippen molar-refractivity contribution in [2.45, 2.75) is 6.92 Å². The van der Waals surface area contributed by atoms with Crippen molar-refractivity contribution in [2.75, 3.05) is 11.9 Å². The standard InChI is InChI=1S/C17H16FNO2/c1-12-4-3-5-15(10-12)19(2)16-8-7-14(18)11-13(16)6-9-17(20)21/h3-11H,1-2H3,(H,20,21). The molecule has 0 bridgehead atoms. The van der Waals surface area contributed by atoms with Gasteiger partial charge in [-0.1, -0.05) is 12.1 Å². The molecule has 108 valence electrons. The number of nitrogens with zero attached hydrogens (tertiary/aromatic N) is 1.